The summed E-state index contributed by atoms with van der Waals surface area (Å²) in [7, 11) is 0. The number of ether oxygens (including phenoxy) is 1. The van der Waals surface area contributed by atoms with Crippen LogP contribution in [0.1, 0.15) is 10.4 Å². The highest BCUT2D eigenvalue weighted by molar-refractivity contribution is 6.07. The third-order valence-electron chi connectivity index (χ3n) is 2.89. The van der Waals surface area contributed by atoms with E-state index in [0.717, 1.165) is 6.07 Å². The molecule has 1 N–H and O–H groups in total. The third kappa shape index (κ3) is 1.99. The van der Waals surface area contributed by atoms with E-state index in [0.29, 0.717) is 11.4 Å². The number of Topliss-reactive ketones (excluding diaryl/α,β-unsaturated/α-hetero) is 1. The zero-order valence-electron chi connectivity index (χ0n) is 9.99. The van der Waals surface area contributed by atoms with E-state index in [1.165, 1.54) is 12.1 Å². The second-order valence-corrected chi connectivity index (χ2v) is 4.23. The van der Waals surface area contributed by atoms with Crippen molar-refractivity contribution in [1.29, 1.82) is 0 Å². The molecular weight excluding hydrogens is 271 g/mol. The fourth-order valence-electron chi connectivity index (χ4n) is 2.00. The van der Waals surface area contributed by atoms with E-state index in [1.807, 2.05) is 0 Å². The van der Waals surface area contributed by atoms with Crippen LogP contribution in [-0.2, 0) is 0 Å². The minimum absolute atomic E-state index is 0.0357. The summed E-state index contributed by atoms with van der Waals surface area (Å²) in [5.74, 6) is -1.21. The predicted molar refractivity (Wildman–Crippen MR) is 66.6 cm³/mol. The Hall–Kier alpha value is -2.50. The van der Waals surface area contributed by atoms with Gasteiger partial charge in [0.25, 0.3) is 5.78 Å². The van der Waals surface area contributed by atoms with Crippen LogP contribution in [0.3, 0.4) is 0 Å². The number of halogens is 3. The Bertz CT molecular complexity index is 695. The van der Waals surface area contributed by atoms with Gasteiger partial charge in [-0.2, -0.15) is 13.2 Å². The van der Waals surface area contributed by atoms with E-state index >= 15 is 0 Å². The van der Waals surface area contributed by atoms with Crippen LogP contribution in [0, 0.1) is 0 Å². The van der Waals surface area contributed by atoms with Crippen LogP contribution >= 0.6 is 0 Å². The zero-order chi connectivity index (χ0) is 14.3. The highest BCUT2D eigenvalue weighted by Crippen LogP contribution is 2.44. The van der Waals surface area contributed by atoms with E-state index in [9.17, 15) is 18.0 Å². The molecule has 1 aliphatic rings. The lowest BCUT2D eigenvalue weighted by atomic mass is 10.1. The molecule has 0 amide bonds. The highest BCUT2D eigenvalue weighted by Gasteiger charge is 2.41. The summed E-state index contributed by atoms with van der Waals surface area (Å²) in [6.07, 6.45) is -4.92. The minimum Gasteiger partial charge on any atom is -0.453 e. The predicted octanol–water partition coefficient (Wildman–Crippen LogP) is 4.28. The number of carbonyl (C=O) groups is 1. The first-order valence-corrected chi connectivity index (χ1v) is 5.75. The Morgan fingerprint density at radius 1 is 1.00 bits per heavy atom. The van der Waals surface area contributed by atoms with Crippen LogP contribution in [0.25, 0.3) is 0 Å². The number of nitrogens with one attached hydrogen (secondary N) is 1. The molecule has 0 radical (unpaired) electrons. The average molecular weight is 279 g/mol. The SMILES string of the molecule is O=C(c1cccc2c1Nc1ccccc1O2)C(F)(F)F. The van der Waals surface area contributed by atoms with Crippen LogP contribution < -0.4 is 10.1 Å². The van der Waals surface area contributed by atoms with Crippen molar-refractivity contribution >= 4 is 17.2 Å². The lowest BCUT2D eigenvalue weighted by molar-refractivity contribution is -0.0884. The molecule has 0 saturated carbocycles. The topological polar surface area (TPSA) is 38.3 Å². The first kappa shape index (κ1) is 12.5. The Labute approximate surface area is 112 Å². The van der Waals surface area contributed by atoms with Crippen LogP contribution in [0.15, 0.2) is 42.5 Å². The van der Waals surface area contributed by atoms with Crippen molar-refractivity contribution in [3.8, 4) is 11.5 Å². The molecule has 0 aromatic heterocycles. The number of anilines is 2. The molecule has 1 aliphatic heterocycles. The van der Waals surface area contributed by atoms with Crippen LogP contribution in [-0.4, -0.2) is 12.0 Å². The van der Waals surface area contributed by atoms with Gasteiger partial charge in [0.05, 0.1) is 16.9 Å². The Morgan fingerprint density at radius 3 is 2.45 bits per heavy atom. The molecule has 0 fully saturated rings. The van der Waals surface area contributed by atoms with Gasteiger partial charge in [0.1, 0.15) is 0 Å². The summed E-state index contributed by atoms with van der Waals surface area (Å²) in [5, 5.41) is 2.82. The van der Waals surface area contributed by atoms with Gasteiger partial charge in [0.2, 0.25) is 0 Å². The van der Waals surface area contributed by atoms with Crippen molar-refractivity contribution in [1.82, 2.24) is 0 Å². The zero-order valence-corrected chi connectivity index (χ0v) is 9.99. The number of hydrogen-bond acceptors (Lipinski definition) is 3. The second kappa shape index (κ2) is 4.26. The molecule has 3 nitrogen and oxygen atoms in total. The van der Waals surface area contributed by atoms with Crippen molar-refractivity contribution < 1.29 is 22.7 Å². The molecule has 20 heavy (non-hydrogen) atoms. The quantitative estimate of drug-likeness (QED) is 0.676. The monoisotopic (exact) mass is 279 g/mol. The molecule has 1 heterocycles. The number of para-hydroxylation sites is 3. The average Bonchev–Trinajstić information content (AvgIpc) is 2.42. The normalized spacial score (nSPS) is 12.8. The van der Waals surface area contributed by atoms with E-state index in [2.05, 4.69) is 5.32 Å². The van der Waals surface area contributed by atoms with Gasteiger partial charge < -0.3 is 10.1 Å². The van der Waals surface area contributed by atoms with Gasteiger partial charge in [0.15, 0.2) is 11.5 Å². The summed E-state index contributed by atoms with van der Waals surface area (Å²) >= 11 is 0. The van der Waals surface area contributed by atoms with Gasteiger partial charge in [-0.25, -0.2) is 0 Å². The lowest BCUT2D eigenvalue weighted by Gasteiger charge is -2.23. The van der Waals surface area contributed by atoms with Gasteiger partial charge >= 0.3 is 6.18 Å². The summed E-state index contributed by atoms with van der Waals surface area (Å²) in [5.41, 5.74) is 0.0976. The smallest absolute Gasteiger partial charge is 0.453 e. The van der Waals surface area contributed by atoms with Crippen molar-refractivity contribution in [2.75, 3.05) is 5.32 Å². The number of hydrogen-bond donors (Lipinski definition) is 1. The molecule has 0 saturated heterocycles. The van der Waals surface area contributed by atoms with Crippen LogP contribution in [0.5, 0.6) is 11.5 Å². The van der Waals surface area contributed by atoms with E-state index in [4.69, 9.17) is 4.74 Å². The summed E-state index contributed by atoms with van der Waals surface area (Å²) < 4.78 is 43.2. The number of rotatable bonds is 1. The summed E-state index contributed by atoms with van der Waals surface area (Å²) in [6, 6.07) is 10.8. The Balaban J connectivity index is 2.09. The van der Waals surface area contributed by atoms with Crippen LogP contribution in [0.2, 0.25) is 0 Å². The second-order valence-electron chi connectivity index (χ2n) is 4.23. The Kier molecular flexibility index (Phi) is 2.67. The number of benzene rings is 2. The van der Waals surface area contributed by atoms with E-state index in [1.54, 1.807) is 24.3 Å². The lowest BCUT2D eigenvalue weighted by Crippen LogP contribution is -2.24. The standard InChI is InChI=1S/C14H8F3NO2/c15-14(16,17)13(19)8-4-3-7-11-12(8)18-9-5-1-2-6-10(9)20-11/h1-7,18H. The van der Waals surface area contributed by atoms with E-state index < -0.39 is 17.5 Å². The molecule has 2 aromatic carbocycles. The van der Waals surface area contributed by atoms with Gasteiger partial charge in [-0.3, -0.25) is 4.79 Å². The fourth-order valence-corrected chi connectivity index (χ4v) is 2.00. The molecular formula is C14H8F3NO2. The number of fused-ring (bicyclic) bond motifs is 2. The maximum atomic E-state index is 12.6. The molecule has 0 atom stereocenters. The molecule has 0 unspecified atom stereocenters. The number of alkyl halides is 3. The molecule has 0 spiro atoms. The van der Waals surface area contributed by atoms with Crippen molar-refractivity contribution in [2.45, 2.75) is 6.18 Å². The maximum absolute atomic E-state index is 12.6. The van der Waals surface area contributed by atoms with Crippen molar-refractivity contribution in [2.24, 2.45) is 0 Å². The molecule has 0 bridgehead atoms. The number of carbonyl (C=O) groups excluding carboxylic acids is 1. The van der Waals surface area contributed by atoms with Gasteiger partial charge in [-0.05, 0) is 24.3 Å². The maximum Gasteiger partial charge on any atom is 0.454 e. The summed E-state index contributed by atoms with van der Waals surface area (Å²) in [6.45, 7) is 0. The van der Waals surface area contributed by atoms with E-state index in [-0.39, 0.29) is 11.4 Å². The Morgan fingerprint density at radius 2 is 1.70 bits per heavy atom. The third-order valence-corrected chi connectivity index (χ3v) is 2.89. The van der Waals surface area contributed by atoms with Crippen LogP contribution in [0.4, 0.5) is 24.5 Å². The van der Waals surface area contributed by atoms with Crippen molar-refractivity contribution in [3.63, 3.8) is 0 Å². The largest absolute Gasteiger partial charge is 0.454 e. The molecule has 2 aromatic rings. The molecule has 102 valence electrons. The molecule has 0 aliphatic carbocycles. The van der Waals surface area contributed by atoms with Gasteiger partial charge in [-0.15, -0.1) is 0 Å². The van der Waals surface area contributed by atoms with Gasteiger partial charge in [-0.1, -0.05) is 18.2 Å². The van der Waals surface area contributed by atoms with Gasteiger partial charge in [0, 0.05) is 0 Å². The first-order chi connectivity index (χ1) is 9.47. The number of ketones is 1. The first-order valence-electron chi connectivity index (χ1n) is 5.75. The summed E-state index contributed by atoms with van der Waals surface area (Å²) in [4.78, 5) is 11.4. The fraction of sp³-hybridized carbons (Fsp3) is 0.0714. The van der Waals surface area contributed by atoms with Crippen molar-refractivity contribution in [3.05, 3.63) is 48.0 Å². The molecule has 6 heteroatoms. The molecule has 3 rings (SSSR count). The highest BCUT2D eigenvalue weighted by atomic mass is 19.4. The minimum atomic E-state index is -4.92.